The van der Waals surface area contributed by atoms with Crippen molar-refractivity contribution in [3.8, 4) is 0 Å². The maximum absolute atomic E-state index is 12.6. The topological polar surface area (TPSA) is 119 Å². The van der Waals surface area contributed by atoms with E-state index < -0.39 is 24.4 Å². The third-order valence-electron chi connectivity index (χ3n) is 4.82. The van der Waals surface area contributed by atoms with E-state index in [2.05, 4.69) is 15.7 Å². The lowest BCUT2D eigenvalue weighted by Crippen LogP contribution is -2.36. The number of aromatic nitrogens is 2. The van der Waals surface area contributed by atoms with E-state index in [1.807, 2.05) is 6.92 Å². The predicted molar refractivity (Wildman–Crippen MR) is 124 cm³/mol. The Balaban J connectivity index is 1.60. The van der Waals surface area contributed by atoms with Crippen LogP contribution in [-0.2, 0) is 20.9 Å². The summed E-state index contributed by atoms with van der Waals surface area (Å²) in [7, 11) is 0. The van der Waals surface area contributed by atoms with Gasteiger partial charge in [-0.3, -0.25) is 14.4 Å². The Kier molecular flexibility index (Phi) is 7.78. The van der Waals surface area contributed by atoms with Crippen molar-refractivity contribution in [1.82, 2.24) is 15.1 Å². The van der Waals surface area contributed by atoms with Gasteiger partial charge >= 0.3 is 5.97 Å². The van der Waals surface area contributed by atoms with Gasteiger partial charge in [-0.1, -0.05) is 42.8 Å². The molecule has 1 aromatic heterocycles. The number of ether oxygens (including phenoxy) is 1. The number of rotatable bonds is 8. The molecule has 0 saturated carbocycles. The maximum Gasteiger partial charge on any atom is 0.359 e. The lowest BCUT2D eigenvalue weighted by Gasteiger charge is -2.11. The molecule has 2 aromatic carbocycles. The highest BCUT2D eigenvalue weighted by atomic mass is 35.5. The molecule has 0 bridgehead atoms. The summed E-state index contributed by atoms with van der Waals surface area (Å²) in [5.74, 6) is -1.96. The van der Waals surface area contributed by atoms with Crippen molar-refractivity contribution in [2.24, 2.45) is 0 Å². The molecule has 0 atom stereocenters. The first-order valence-corrected chi connectivity index (χ1v) is 10.7. The van der Waals surface area contributed by atoms with Crippen LogP contribution in [-0.4, -0.2) is 40.7 Å². The van der Waals surface area contributed by atoms with E-state index in [0.717, 1.165) is 0 Å². The van der Waals surface area contributed by atoms with Crippen LogP contribution in [0.25, 0.3) is 10.8 Å². The fourth-order valence-electron chi connectivity index (χ4n) is 3.12. The molecule has 0 aliphatic carbocycles. The van der Waals surface area contributed by atoms with Gasteiger partial charge in [-0.25, -0.2) is 9.48 Å². The van der Waals surface area contributed by atoms with Crippen molar-refractivity contribution >= 4 is 45.8 Å². The minimum atomic E-state index is -0.842. The van der Waals surface area contributed by atoms with Crippen molar-refractivity contribution in [1.29, 1.82) is 0 Å². The van der Waals surface area contributed by atoms with Gasteiger partial charge in [-0.05, 0) is 37.1 Å². The van der Waals surface area contributed by atoms with Crippen LogP contribution in [0.15, 0.2) is 47.3 Å². The molecule has 0 aliphatic heterocycles. The summed E-state index contributed by atoms with van der Waals surface area (Å²) in [6.07, 6.45) is 0.652. The number of benzene rings is 2. The quantitative estimate of drug-likeness (QED) is 0.488. The normalized spacial score (nSPS) is 10.6. The highest BCUT2D eigenvalue weighted by Gasteiger charge is 2.19. The summed E-state index contributed by atoms with van der Waals surface area (Å²) < 4.78 is 6.29. The molecular formula is C23H23ClN4O5. The van der Waals surface area contributed by atoms with Crippen LogP contribution in [0.2, 0.25) is 5.02 Å². The Bertz CT molecular complexity index is 1270. The summed E-state index contributed by atoms with van der Waals surface area (Å²) in [5, 5.41) is 10.4. The number of anilines is 1. The standard InChI is InChI=1S/C23H23ClN4O5/c1-3-11-28-22(31)16-8-5-4-7-15(16)21(27-28)23(32)33-13-20(30)25-12-19(29)26-18-10-6-9-17(24)14(18)2/h4-10H,3,11-13H2,1-2H3,(H,25,30)(H,26,29). The monoisotopic (exact) mass is 470 g/mol. The largest absolute Gasteiger partial charge is 0.451 e. The highest BCUT2D eigenvalue weighted by Crippen LogP contribution is 2.22. The van der Waals surface area contributed by atoms with Gasteiger partial charge in [0.25, 0.3) is 11.5 Å². The molecule has 1 heterocycles. The van der Waals surface area contributed by atoms with Crippen LogP contribution in [0, 0.1) is 6.92 Å². The number of carbonyl (C=O) groups excluding carboxylic acids is 3. The second-order valence-electron chi connectivity index (χ2n) is 7.24. The molecule has 33 heavy (non-hydrogen) atoms. The fraction of sp³-hybridized carbons (Fsp3) is 0.261. The first-order chi connectivity index (χ1) is 15.8. The van der Waals surface area contributed by atoms with Crippen LogP contribution in [0.3, 0.4) is 0 Å². The summed E-state index contributed by atoms with van der Waals surface area (Å²) in [6.45, 7) is 3.06. The van der Waals surface area contributed by atoms with Crippen molar-refractivity contribution < 1.29 is 19.1 Å². The molecule has 3 rings (SSSR count). The molecule has 0 saturated heterocycles. The van der Waals surface area contributed by atoms with Crippen molar-refractivity contribution in [2.45, 2.75) is 26.8 Å². The van der Waals surface area contributed by atoms with Crippen LogP contribution < -0.4 is 16.2 Å². The number of fused-ring (bicyclic) bond motifs is 1. The van der Waals surface area contributed by atoms with Crippen molar-refractivity contribution in [2.75, 3.05) is 18.5 Å². The van der Waals surface area contributed by atoms with E-state index >= 15 is 0 Å². The first kappa shape index (κ1) is 23.9. The third-order valence-corrected chi connectivity index (χ3v) is 5.23. The minimum absolute atomic E-state index is 0.0550. The molecular weight excluding hydrogens is 448 g/mol. The molecule has 10 heteroatoms. The molecule has 0 unspecified atom stereocenters. The molecule has 0 radical (unpaired) electrons. The van der Waals surface area contributed by atoms with Gasteiger partial charge in [0.05, 0.1) is 11.9 Å². The number of carbonyl (C=O) groups is 3. The lowest BCUT2D eigenvalue weighted by atomic mass is 10.1. The Morgan fingerprint density at radius 2 is 1.79 bits per heavy atom. The number of hydrogen-bond donors (Lipinski definition) is 2. The molecule has 2 amide bonds. The Hall–Kier alpha value is -3.72. The van der Waals surface area contributed by atoms with Gasteiger partial charge in [-0.2, -0.15) is 5.10 Å². The van der Waals surface area contributed by atoms with Crippen LogP contribution in [0.5, 0.6) is 0 Å². The minimum Gasteiger partial charge on any atom is -0.451 e. The highest BCUT2D eigenvalue weighted by molar-refractivity contribution is 6.31. The Morgan fingerprint density at radius 3 is 2.52 bits per heavy atom. The summed E-state index contributed by atoms with van der Waals surface area (Å²) in [6, 6.07) is 11.7. The van der Waals surface area contributed by atoms with Crippen molar-refractivity contribution in [3.63, 3.8) is 0 Å². The second kappa shape index (κ2) is 10.7. The zero-order chi connectivity index (χ0) is 24.0. The molecule has 0 spiro atoms. The molecule has 9 nitrogen and oxygen atoms in total. The van der Waals surface area contributed by atoms with E-state index in [-0.39, 0.29) is 17.8 Å². The molecule has 3 aromatic rings. The average Bonchev–Trinajstić information content (AvgIpc) is 2.81. The van der Waals surface area contributed by atoms with Crippen LogP contribution >= 0.6 is 11.6 Å². The van der Waals surface area contributed by atoms with Gasteiger partial charge in [0.15, 0.2) is 12.3 Å². The summed E-state index contributed by atoms with van der Waals surface area (Å²) >= 11 is 6.03. The molecule has 0 aliphatic rings. The SMILES string of the molecule is CCCn1nc(C(=O)OCC(=O)NCC(=O)Nc2cccc(Cl)c2C)c2ccccc2c1=O. The van der Waals surface area contributed by atoms with E-state index in [9.17, 15) is 19.2 Å². The van der Waals surface area contributed by atoms with E-state index in [1.165, 1.54) is 4.68 Å². The zero-order valence-corrected chi connectivity index (χ0v) is 18.9. The van der Waals surface area contributed by atoms with E-state index in [0.29, 0.717) is 40.0 Å². The van der Waals surface area contributed by atoms with E-state index in [1.54, 1.807) is 49.4 Å². The van der Waals surface area contributed by atoms with Crippen LogP contribution in [0.4, 0.5) is 5.69 Å². The molecule has 0 fully saturated rings. The number of nitrogens with zero attached hydrogens (tertiary/aromatic N) is 2. The van der Waals surface area contributed by atoms with Gasteiger partial charge < -0.3 is 15.4 Å². The first-order valence-electron chi connectivity index (χ1n) is 10.3. The van der Waals surface area contributed by atoms with Crippen LogP contribution in [0.1, 0.15) is 29.4 Å². The number of hydrogen-bond acceptors (Lipinski definition) is 6. The lowest BCUT2D eigenvalue weighted by molar-refractivity contribution is -0.126. The number of amides is 2. The van der Waals surface area contributed by atoms with Gasteiger partial charge in [0.1, 0.15) is 0 Å². The summed E-state index contributed by atoms with van der Waals surface area (Å²) in [4.78, 5) is 49.3. The number of aryl methyl sites for hydroxylation is 1. The Morgan fingerprint density at radius 1 is 1.06 bits per heavy atom. The fourth-order valence-corrected chi connectivity index (χ4v) is 3.29. The second-order valence-corrected chi connectivity index (χ2v) is 7.64. The maximum atomic E-state index is 12.6. The van der Waals surface area contributed by atoms with Gasteiger partial charge in [0, 0.05) is 22.6 Å². The smallest absolute Gasteiger partial charge is 0.359 e. The number of nitrogens with one attached hydrogen (secondary N) is 2. The summed E-state index contributed by atoms with van der Waals surface area (Å²) in [5.41, 5.74) is 0.883. The van der Waals surface area contributed by atoms with Gasteiger partial charge in [0.2, 0.25) is 5.91 Å². The third kappa shape index (κ3) is 5.75. The number of halogens is 1. The Labute approximate surface area is 194 Å². The molecule has 172 valence electrons. The van der Waals surface area contributed by atoms with Gasteiger partial charge in [-0.15, -0.1) is 0 Å². The zero-order valence-electron chi connectivity index (χ0n) is 18.2. The predicted octanol–water partition coefficient (Wildman–Crippen LogP) is 2.68. The average molecular weight is 471 g/mol. The van der Waals surface area contributed by atoms with Crippen molar-refractivity contribution in [3.05, 3.63) is 69.1 Å². The van der Waals surface area contributed by atoms with E-state index in [4.69, 9.17) is 16.3 Å². The number of esters is 1. The molecule has 2 N–H and O–H groups in total.